The Morgan fingerprint density at radius 2 is 2.38 bits per heavy atom. The van der Waals surface area contributed by atoms with E-state index >= 15 is 0 Å². The standard InChI is InChI=1S/C9H17NO3/c1-13-8(6-11)5-10-9(12)7-3-2-4-7/h7-8,11H,2-6H2,1H3,(H,10,12). The maximum Gasteiger partial charge on any atom is 0.223 e. The van der Waals surface area contributed by atoms with Gasteiger partial charge < -0.3 is 15.2 Å². The average Bonchev–Trinajstić information content (AvgIpc) is 2.03. The summed E-state index contributed by atoms with van der Waals surface area (Å²) in [5, 5.41) is 11.5. The number of nitrogens with one attached hydrogen (secondary N) is 1. The van der Waals surface area contributed by atoms with Crippen molar-refractivity contribution in [1.82, 2.24) is 5.32 Å². The molecule has 13 heavy (non-hydrogen) atoms. The first-order valence-electron chi connectivity index (χ1n) is 4.69. The fourth-order valence-electron chi connectivity index (χ4n) is 1.25. The average molecular weight is 187 g/mol. The number of carbonyl (C=O) groups is 1. The molecule has 1 atom stereocenters. The molecule has 4 nitrogen and oxygen atoms in total. The van der Waals surface area contributed by atoms with Gasteiger partial charge in [0, 0.05) is 19.6 Å². The van der Waals surface area contributed by atoms with Crippen LogP contribution in [-0.4, -0.2) is 37.4 Å². The minimum absolute atomic E-state index is 0.0541. The summed E-state index contributed by atoms with van der Waals surface area (Å²) >= 11 is 0. The molecular formula is C9H17NO3. The summed E-state index contributed by atoms with van der Waals surface area (Å²) in [6.45, 7) is 0.351. The van der Waals surface area contributed by atoms with Crippen molar-refractivity contribution in [2.45, 2.75) is 25.4 Å². The number of aliphatic hydroxyl groups excluding tert-OH is 1. The van der Waals surface area contributed by atoms with Crippen LogP contribution in [0.2, 0.25) is 0 Å². The van der Waals surface area contributed by atoms with Crippen LogP contribution in [-0.2, 0) is 9.53 Å². The van der Waals surface area contributed by atoms with Crippen LogP contribution < -0.4 is 5.32 Å². The molecule has 0 aromatic heterocycles. The largest absolute Gasteiger partial charge is 0.394 e. The second kappa shape index (κ2) is 5.19. The van der Waals surface area contributed by atoms with E-state index in [-0.39, 0.29) is 24.5 Å². The minimum atomic E-state index is -0.274. The molecule has 76 valence electrons. The van der Waals surface area contributed by atoms with Crippen molar-refractivity contribution in [3.63, 3.8) is 0 Å². The van der Waals surface area contributed by atoms with E-state index in [1.54, 1.807) is 0 Å². The van der Waals surface area contributed by atoms with Crippen LogP contribution in [0.1, 0.15) is 19.3 Å². The van der Waals surface area contributed by atoms with Crippen LogP contribution in [0.4, 0.5) is 0 Å². The quantitative estimate of drug-likeness (QED) is 0.632. The molecule has 4 heteroatoms. The molecule has 2 N–H and O–H groups in total. The normalized spacial score (nSPS) is 19.2. The van der Waals surface area contributed by atoms with Crippen LogP contribution in [0.3, 0.4) is 0 Å². The van der Waals surface area contributed by atoms with Gasteiger partial charge in [-0.3, -0.25) is 4.79 Å². The van der Waals surface area contributed by atoms with Crippen molar-refractivity contribution in [2.75, 3.05) is 20.3 Å². The molecule has 0 saturated heterocycles. The highest BCUT2D eigenvalue weighted by atomic mass is 16.5. The number of hydrogen-bond acceptors (Lipinski definition) is 3. The number of aliphatic hydroxyl groups is 1. The maximum atomic E-state index is 11.3. The van der Waals surface area contributed by atoms with E-state index in [2.05, 4.69) is 5.32 Å². The van der Waals surface area contributed by atoms with Gasteiger partial charge in [-0.1, -0.05) is 6.42 Å². The molecule has 0 spiro atoms. The Balaban J connectivity index is 2.12. The third-order valence-corrected chi connectivity index (χ3v) is 2.52. The van der Waals surface area contributed by atoms with Crippen molar-refractivity contribution in [3.8, 4) is 0 Å². The van der Waals surface area contributed by atoms with Crippen LogP contribution >= 0.6 is 0 Å². The van der Waals surface area contributed by atoms with E-state index in [1.165, 1.54) is 7.11 Å². The molecule has 1 aliphatic carbocycles. The Bertz CT molecular complexity index is 164. The highest BCUT2D eigenvalue weighted by molar-refractivity contribution is 5.79. The first-order chi connectivity index (χ1) is 6.27. The lowest BCUT2D eigenvalue weighted by Crippen LogP contribution is -2.40. The number of ether oxygens (including phenoxy) is 1. The van der Waals surface area contributed by atoms with Crippen molar-refractivity contribution in [1.29, 1.82) is 0 Å². The van der Waals surface area contributed by atoms with Gasteiger partial charge in [0.05, 0.1) is 12.7 Å². The van der Waals surface area contributed by atoms with Crippen LogP contribution in [0, 0.1) is 5.92 Å². The van der Waals surface area contributed by atoms with E-state index in [4.69, 9.17) is 9.84 Å². The molecule has 0 aliphatic heterocycles. The molecule has 0 bridgehead atoms. The van der Waals surface area contributed by atoms with Crippen molar-refractivity contribution in [2.24, 2.45) is 5.92 Å². The zero-order valence-corrected chi connectivity index (χ0v) is 7.95. The maximum absolute atomic E-state index is 11.3. The van der Waals surface area contributed by atoms with Crippen molar-refractivity contribution >= 4 is 5.91 Å². The molecule has 1 amide bonds. The fraction of sp³-hybridized carbons (Fsp3) is 0.889. The Hall–Kier alpha value is -0.610. The Morgan fingerprint density at radius 3 is 2.77 bits per heavy atom. The zero-order chi connectivity index (χ0) is 9.68. The van der Waals surface area contributed by atoms with Crippen LogP contribution in [0.5, 0.6) is 0 Å². The molecule has 0 aromatic rings. The molecule has 1 unspecified atom stereocenters. The first kappa shape index (κ1) is 10.5. The smallest absolute Gasteiger partial charge is 0.223 e. The molecule has 0 heterocycles. The Kier molecular flexibility index (Phi) is 4.18. The summed E-state index contributed by atoms with van der Waals surface area (Å²) in [6.07, 6.45) is 2.89. The van der Waals surface area contributed by atoms with E-state index in [9.17, 15) is 4.79 Å². The monoisotopic (exact) mass is 187 g/mol. The molecule has 1 rings (SSSR count). The van der Waals surface area contributed by atoms with Crippen LogP contribution in [0.15, 0.2) is 0 Å². The summed E-state index contributed by atoms with van der Waals surface area (Å²) < 4.78 is 4.92. The summed E-state index contributed by atoms with van der Waals surface area (Å²) in [5.74, 6) is 0.304. The van der Waals surface area contributed by atoms with Gasteiger partial charge in [0.15, 0.2) is 0 Å². The van der Waals surface area contributed by atoms with E-state index in [1.807, 2.05) is 0 Å². The first-order valence-corrected chi connectivity index (χ1v) is 4.69. The molecule has 1 fully saturated rings. The molecule has 1 aliphatic rings. The number of carbonyl (C=O) groups excluding carboxylic acids is 1. The van der Waals surface area contributed by atoms with Gasteiger partial charge in [0.25, 0.3) is 0 Å². The molecule has 1 saturated carbocycles. The SMILES string of the molecule is COC(CO)CNC(=O)C1CCC1. The lowest BCUT2D eigenvalue weighted by Gasteiger charge is -2.25. The third-order valence-electron chi connectivity index (χ3n) is 2.52. The highest BCUT2D eigenvalue weighted by Gasteiger charge is 2.25. The van der Waals surface area contributed by atoms with Gasteiger partial charge in [-0.05, 0) is 12.8 Å². The van der Waals surface area contributed by atoms with Crippen LogP contribution in [0.25, 0.3) is 0 Å². The molecule has 0 radical (unpaired) electrons. The summed E-state index contributed by atoms with van der Waals surface area (Å²) in [5.41, 5.74) is 0. The predicted octanol–water partition coefficient (Wildman–Crippen LogP) is -0.0900. The topological polar surface area (TPSA) is 58.6 Å². The molecule has 0 aromatic carbocycles. The second-order valence-corrected chi connectivity index (χ2v) is 3.41. The zero-order valence-electron chi connectivity index (χ0n) is 7.95. The summed E-state index contributed by atoms with van der Waals surface area (Å²) in [7, 11) is 1.52. The molecular weight excluding hydrogens is 170 g/mol. The number of hydrogen-bond donors (Lipinski definition) is 2. The van der Waals surface area contributed by atoms with E-state index in [0.717, 1.165) is 19.3 Å². The van der Waals surface area contributed by atoms with Gasteiger partial charge in [0.2, 0.25) is 5.91 Å². The van der Waals surface area contributed by atoms with Gasteiger partial charge in [0.1, 0.15) is 0 Å². The van der Waals surface area contributed by atoms with Gasteiger partial charge >= 0.3 is 0 Å². The summed E-state index contributed by atoms with van der Waals surface area (Å²) in [6, 6.07) is 0. The van der Waals surface area contributed by atoms with Gasteiger partial charge in [-0.15, -0.1) is 0 Å². The van der Waals surface area contributed by atoms with E-state index in [0.29, 0.717) is 6.54 Å². The lowest BCUT2D eigenvalue weighted by molar-refractivity contribution is -0.128. The van der Waals surface area contributed by atoms with Gasteiger partial charge in [-0.25, -0.2) is 0 Å². The van der Waals surface area contributed by atoms with Crippen molar-refractivity contribution in [3.05, 3.63) is 0 Å². The van der Waals surface area contributed by atoms with Crippen molar-refractivity contribution < 1.29 is 14.6 Å². The number of rotatable bonds is 5. The Morgan fingerprint density at radius 1 is 1.69 bits per heavy atom. The predicted molar refractivity (Wildman–Crippen MR) is 48.2 cm³/mol. The fourth-order valence-corrected chi connectivity index (χ4v) is 1.25. The number of methoxy groups -OCH3 is 1. The third kappa shape index (κ3) is 2.97. The summed E-state index contributed by atoms with van der Waals surface area (Å²) in [4.78, 5) is 11.3. The highest BCUT2D eigenvalue weighted by Crippen LogP contribution is 2.25. The second-order valence-electron chi connectivity index (χ2n) is 3.41. The van der Waals surface area contributed by atoms with E-state index < -0.39 is 0 Å². The Labute approximate surface area is 78.3 Å². The minimum Gasteiger partial charge on any atom is -0.394 e. The van der Waals surface area contributed by atoms with Gasteiger partial charge in [-0.2, -0.15) is 0 Å². The number of amides is 1. The lowest BCUT2D eigenvalue weighted by atomic mass is 9.85.